The number of nitrogens with one attached hydrogen (secondary N) is 1. The largest absolute Gasteiger partial charge is 0.306 e. The topological polar surface area (TPSA) is 12.0 Å². The molecule has 3 atom stereocenters. The smallest absolute Gasteiger partial charge is 0.0465 e. The Morgan fingerprint density at radius 1 is 1.05 bits per heavy atom. The van der Waals surface area contributed by atoms with Crippen LogP contribution in [0.2, 0.25) is 0 Å². The van der Waals surface area contributed by atoms with Gasteiger partial charge in [0.1, 0.15) is 0 Å². The summed E-state index contributed by atoms with van der Waals surface area (Å²) in [6.07, 6.45) is 5.18. The molecule has 0 spiro atoms. The van der Waals surface area contributed by atoms with E-state index < -0.39 is 0 Å². The minimum absolute atomic E-state index is 0.478. The predicted octanol–water partition coefficient (Wildman–Crippen LogP) is 5.51. The molecule has 3 unspecified atom stereocenters. The van der Waals surface area contributed by atoms with Gasteiger partial charge in [-0.2, -0.15) is 0 Å². The standard InChI is InChI=1S/C18H25NS2/c1-13-9-14(2)11-15(10-13)19-17(18-6-4-8-21-18)12-16-5-3-7-20-16/h3-8,13-15,17,19H,9-12H2,1-2H3. The third kappa shape index (κ3) is 4.18. The molecule has 1 nitrogen and oxygen atoms in total. The van der Waals surface area contributed by atoms with Gasteiger partial charge in [-0.3, -0.25) is 0 Å². The summed E-state index contributed by atoms with van der Waals surface area (Å²) in [5.41, 5.74) is 0. The second-order valence-electron chi connectivity index (χ2n) is 6.63. The summed E-state index contributed by atoms with van der Waals surface area (Å²) >= 11 is 3.76. The van der Waals surface area contributed by atoms with Crippen molar-refractivity contribution in [3.63, 3.8) is 0 Å². The summed E-state index contributed by atoms with van der Waals surface area (Å²) in [4.78, 5) is 2.96. The quantitative estimate of drug-likeness (QED) is 0.766. The summed E-state index contributed by atoms with van der Waals surface area (Å²) in [6.45, 7) is 4.81. The van der Waals surface area contributed by atoms with Crippen LogP contribution in [0.1, 0.15) is 48.9 Å². The van der Waals surface area contributed by atoms with Gasteiger partial charge in [0.25, 0.3) is 0 Å². The first-order valence-electron chi connectivity index (χ1n) is 8.02. The highest BCUT2D eigenvalue weighted by Gasteiger charge is 2.26. The zero-order chi connectivity index (χ0) is 14.7. The van der Waals surface area contributed by atoms with Gasteiger partial charge in [-0.05, 0) is 54.0 Å². The lowest BCUT2D eigenvalue weighted by molar-refractivity contribution is 0.226. The van der Waals surface area contributed by atoms with Crippen LogP contribution in [0.5, 0.6) is 0 Å². The zero-order valence-electron chi connectivity index (χ0n) is 12.9. The predicted molar refractivity (Wildman–Crippen MR) is 94.2 cm³/mol. The Labute approximate surface area is 136 Å². The maximum absolute atomic E-state index is 3.97. The van der Waals surface area contributed by atoms with Crippen molar-refractivity contribution in [3.8, 4) is 0 Å². The molecule has 0 amide bonds. The van der Waals surface area contributed by atoms with E-state index in [1.54, 1.807) is 0 Å². The molecule has 0 saturated heterocycles. The lowest BCUT2D eigenvalue weighted by Crippen LogP contribution is -2.39. The van der Waals surface area contributed by atoms with E-state index >= 15 is 0 Å². The summed E-state index contributed by atoms with van der Waals surface area (Å²) in [5.74, 6) is 1.72. The molecule has 21 heavy (non-hydrogen) atoms. The average Bonchev–Trinajstić information content (AvgIpc) is 3.10. The van der Waals surface area contributed by atoms with E-state index in [0.717, 1.165) is 18.3 Å². The fraction of sp³-hybridized carbons (Fsp3) is 0.556. The van der Waals surface area contributed by atoms with E-state index in [0.29, 0.717) is 12.1 Å². The van der Waals surface area contributed by atoms with Crippen LogP contribution in [0, 0.1) is 11.8 Å². The third-order valence-corrected chi connectivity index (χ3v) is 6.37. The van der Waals surface area contributed by atoms with Crippen LogP contribution in [-0.4, -0.2) is 6.04 Å². The Balaban J connectivity index is 1.70. The average molecular weight is 320 g/mol. The van der Waals surface area contributed by atoms with Crippen molar-refractivity contribution < 1.29 is 0 Å². The summed E-state index contributed by atoms with van der Waals surface area (Å²) < 4.78 is 0. The minimum atomic E-state index is 0.478. The van der Waals surface area contributed by atoms with Crippen molar-refractivity contribution in [3.05, 3.63) is 44.8 Å². The van der Waals surface area contributed by atoms with E-state index in [2.05, 4.69) is 54.2 Å². The maximum atomic E-state index is 3.97. The molecule has 0 bridgehead atoms. The van der Waals surface area contributed by atoms with Gasteiger partial charge in [-0.15, -0.1) is 22.7 Å². The fourth-order valence-electron chi connectivity index (χ4n) is 3.73. The maximum Gasteiger partial charge on any atom is 0.0465 e. The Bertz CT molecular complexity index is 507. The first kappa shape index (κ1) is 15.3. The van der Waals surface area contributed by atoms with Gasteiger partial charge < -0.3 is 5.32 Å². The van der Waals surface area contributed by atoms with Crippen LogP contribution < -0.4 is 5.32 Å². The Kier molecular flexibility index (Phi) is 5.15. The first-order chi connectivity index (χ1) is 10.2. The van der Waals surface area contributed by atoms with Gasteiger partial charge in [0.15, 0.2) is 0 Å². The van der Waals surface area contributed by atoms with Gasteiger partial charge in [0, 0.05) is 28.3 Å². The van der Waals surface area contributed by atoms with Crippen molar-refractivity contribution in [2.75, 3.05) is 0 Å². The zero-order valence-corrected chi connectivity index (χ0v) is 14.6. The Morgan fingerprint density at radius 3 is 2.38 bits per heavy atom. The van der Waals surface area contributed by atoms with Crippen LogP contribution in [0.4, 0.5) is 0 Å². The number of rotatable bonds is 5. The van der Waals surface area contributed by atoms with Crippen LogP contribution >= 0.6 is 22.7 Å². The van der Waals surface area contributed by atoms with Gasteiger partial charge in [-0.1, -0.05) is 26.0 Å². The van der Waals surface area contributed by atoms with E-state index in [9.17, 15) is 0 Å². The Hall–Kier alpha value is -0.640. The SMILES string of the molecule is CC1CC(C)CC(NC(Cc2cccs2)c2cccs2)C1. The normalized spacial score (nSPS) is 27.6. The third-order valence-electron chi connectivity index (χ3n) is 4.49. The molecular formula is C18H25NS2. The van der Waals surface area contributed by atoms with Crippen molar-refractivity contribution in [2.45, 2.75) is 51.6 Å². The highest BCUT2D eigenvalue weighted by Crippen LogP contribution is 2.32. The summed E-state index contributed by atoms with van der Waals surface area (Å²) in [6, 6.07) is 10.0. The molecule has 1 saturated carbocycles. The molecule has 2 heterocycles. The van der Waals surface area contributed by atoms with Gasteiger partial charge in [0.2, 0.25) is 0 Å². The van der Waals surface area contributed by atoms with Gasteiger partial charge >= 0.3 is 0 Å². The molecule has 3 heteroatoms. The summed E-state index contributed by atoms with van der Waals surface area (Å²) in [7, 11) is 0. The van der Waals surface area contributed by atoms with Crippen LogP contribution in [0.15, 0.2) is 35.0 Å². The molecule has 2 aromatic heterocycles. The lowest BCUT2D eigenvalue weighted by Gasteiger charge is -2.34. The van der Waals surface area contributed by atoms with Crippen LogP contribution in [-0.2, 0) is 6.42 Å². The van der Waals surface area contributed by atoms with E-state index in [-0.39, 0.29) is 0 Å². The molecule has 3 rings (SSSR count). The highest BCUT2D eigenvalue weighted by atomic mass is 32.1. The molecule has 1 aliphatic rings. The molecule has 1 aliphatic carbocycles. The van der Waals surface area contributed by atoms with E-state index in [4.69, 9.17) is 0 Å². The van der Waals surface area contributed by atoms with Gasteiger partial charge in [0.05, 0.1) is 0 Å². The molecule has 1 N–H and O–H groups in total. The second-order valence-corrected chi connectivity index (χ2v) is 8.64. The van der Waals surface area contributed by atoms with E-state index in [1.165, 1.54) is 29.0 Å². The van der Waals surface area contributed by atoms with Crippen molar-refractivity contribution in [1.82, 2.24) is 5.32 Å². The molecule has 114 valence electrons. The number of hydrogen-bond acceptors (Lipinski definition) is 3. The number of thiophene rings is 2. The molecule has 2 aromatic rings. The highest BCUT2D eigenvalue weighted by molar-refractivity contribution is 7.10. The minimum Gasteiger partial charge on any atom is -0.306 e. The van der Waals surface area contributed by atoms with E-state index in [1.807, 2.05) is 22.7 Å². The van der Waals surface area contributed by atoms with Crippen molar-refractivity contribution >= 4 is 22.7 Å². The fourth-order valence-corrected chi connectivity index (χ4v) is 5.27. The molecule has 0 aromatic carbocycles. The van der Waals surface area contributed by atoms with Crippen LogP contribution in [0.25, 0.3) is 0 Å². The second kappa shape index (κ2) is 7.08. The number of hydrogen-bond donors (Lipinski definition) is 1. The molecule has 0 radical (unpaired) electrons. The van der Waals surface area contributed by atoms with Gasteiger partial charge in [-0.25, -0.2) is 0 Å². The Morgan fingerprint density at radius 2 is 1.76 bits per heavy atom. The van der Waals surface area contributed by atoms with Crippen molar-refractivity contribution in [1.29, 1.82) is 0 Å². The molecule has 1 fully saturated rings. The van der Waals surface area contributed by atoms with Crippen LogP contribution in [0.3, 0.4) is 0 Å². The lowest BCUT2D eigenvalue weighted by atomic mass is 9.80. The summed E-state index contributed by atoms with van der Waals surface area (Å²) in [5, 5.41) is 8.36. The van der Waals surface area contributed by atoms with Crippen molar-refractivity contribution in [2.24, 2.45) is 11.8 Å². The molecular weight excluding hydrogens is 294 g/mol. The first-order valence-corrected chi connectivity index (χ1v) is 9.78. The molecule has 0 aliphatic heterocycles. The monoisotopic (exact) mass is 319 g/mol.